The van der Waals surface area contributed by atoms with Crippen molar-refractivity contribution in [3.63, 3.8) is 0 Å². The first-order valence-corrected chi connectivity index (χ1v) is 11.1. The van der Waals surface area contributed by atoms with Crippen molar-refractivity contribution >= 4 is 46.0 Å². The number of benzene rings is 2. The first kappa shape index (κ1) is 23.0. The quantitative estimate of drug-likeness (QED) is 0.287. The summed E-state index contributed by atoms with van der Waals surface area (Å²) in [5.41, 5.74) is 1.40. The lowest BCUT2D eigenvalue weighted by molar-refractivity contribution is -0.113. The van der Waals surface area contributed by atoms with Gasteiger partial charge in [0.2, 0.25) is 0 Å². The number of anilines is 1. The first-order valence-electron chi connectivity index (χ1n) is 9.83. The Balaban J connectivity index is 1.87. The maximum atomic E-state index is 13.1. The molecule has 1 aliphatic heterocycles. The zero-order valence-electron chi connectivity index (χ0n) is 18.0. The Morgan fingerprint density at radius 3 is 2.45 bits per heavy atom. The monoisotopic (exact) mass is 459 g/mol. The van der Waals surface area contributed by atoms with Crippen molar-refractivity contribution in [3.05, 3.63) is 46.9 Å². The average Bonchev–Trinajstić information content (AvgIpc) is 3.06. The van der Waals surface area contributed by atoms with E-state index in [1.807, 2.05) is 18.2 Å². The molecule has 0 unspecified atom stereocenters. The number of thiocarbonyl (C=S) groups is 1. The Hall–Kier alpha value is -2.71. The van der Waals surface area contributed by atoms with Crippen LogP contribution in [-0.4, -0.2) is 38.2 Å². The molecule has 2 aromatic rings. The molecule has 164 valence electrons. The summed E-state index contributed by atoms with van der Waals surface area (Å²) in [7, 11) is 4.72. The number of carbonyl (C=O) groups excluding carboxylic acids is 1. The van der Waals surface area contributed by atoms with Crippen molar-refractivity contribution in [3.8, 4) is 23.0 Å². The molecule has 1 aliphatic rings. The highest BCUT2D eigenvalue weighted by atomic mass is 32.2. The molecule has 3 rings (SSSR count). The van der Waals surface area contributed by atoms with Crippen molar-refractivity contribution in [2.45, 2.75) is 19.8 Å². The summed E-state index contributed by atoms with van der Waals surface area (Å²) in [6.07, 6.45) is 3.83. The summed E-state index contributed by atoms with van der Waals surface area (Å²) in [4.78, 5) is 15.1. The van der Waals surface area contributed by atoms with Crippen LogP contribution in [-0.2, 0) is 4.79 Å². The molecule has 1 saturated heterocycles. The summed E-state index contributed by atoms with van der Waals surface area (Å²) in [5.74, 6) is 2.24. The minimum atomic E-state index is -0.208. The zero-order valence-corrected chi connectivity index (χ0v) is 19.6. The second-order valence-electron chi connectivity index (χ2n) is 6.67. The molecule has 0 bridgehead atoms. The molecule has 0 saturated carbocycles. The predicted molar refractivity (Wildman–Crippen MR) is 129 cm³/mol. The lowest BCUT2D eigenvalue weighted by atomic mass is 10.1. The predicted octanol–water partition coefficient (Wildman–Crippen LogP) is 5.30. The number of amides is 1. The summed E-state index contributed by atoms with van der Waals surface area (Å²) >= 11 is 6.73. The number of nitrogens with zero attached hydrogens (tertiary/aromatic N) is 1. The van der Waals surface area contributed by atoms with Crippen molar-refractivity contribution in [1.82, 2.24) is 0 Å². The van der Waals surface area contributed by atoms with Gasteiger partial charge in [0.15, 0.2) is 15.8 Å². The normalized spacial score (nSPS) is 14.8. The van der Waals surface area contributed by atoms with Crippen molar-refractivity contribution < 1.29 is 23.7 Å². The lowest BCUT2D eigenvalue weighted by Crippen LogP contribution is -2.27. The second-order valence-corrected chi connectivity index (χ2v) is 8.34. The number of hydrogen-bond acceptors (Lipinski definition) is 7. The molecule has 0 spiro atoms. The van der Waals surface area contributed by atoms with Gasteiger partial charge in [-0.05, 0) is 42.3 Å². The van der Waals surface area contributed by atoms with Gasteiger partial charge in [-0.2, -0.15) is 0 Å². The topological polar surface area (TPSA) is 57.2 Å². The van der Waals surface area contributed by atoms with E-state index in [2.05, 4.69) is 6.92 Å². The molecule has 1 fully saturated rings. The Bertz CT molecular complexity index is 1010. The van der Waals surface area contributed by atoms with Crippen molar-refractivity contribution in [2.24, 2.45) is 0 Å². The third-order valence-corrected chi connectivity index (χ3v) is 5.96. The third kappa shape index (κ3) is 5.14. The summed E-state index contributed by atoms with van der Waals surface area (Å²) < 4.78 is 22.4. The van der Waals surface area contributed by atoms with Gasteiger partial charge in [-0.3, -0.25) is 9.69 Å². The van der Waals surface area contributed by atoms with Gasteiger partial charge < -0.3 is 18.9 Å². The molecule has 0 N–H and O–H groups in total. The van der Waals surface area contributed by atoms with E-state index in [1.54, 1.807) is 45.6 Å². The number of carbonyl (C=O) groups is 1. The molecule has 0 radical (unpaired) electrons. The molecular weight excluding hydrogens is 434 g/mol. The number of hydrogen-bond donors (Lipinski definition) is 0. The van der Waals surface area contributed by atoms with Crippen LogP contribution < -0.4 is 23.8 Å². The lowest BCUT2D eigenvalue weighted by Gasteiger charge is -2.18. The van der Waals surface area contributed by atoms with Crippen LogP contribution in [0.4, 0.5) is 5.69 Å². The largest absolute Gasteiger partial charge is 0.497 e. The van der Waals surface area contributed by atoms with Crippen LogP contribution in [0, 0.1) is 0 Å². The first-order chi connectivity index (χ1) is 15.0. The fourth-order valence-corrected chi connectivity index (χ4v) is 4.30. The maximum absolute atomic E-state index is 13.1. The van der Waals surface area contributed by atoms with Gasteiger partial charge >= 0.3 is 0 Å². The van der Waals surface area contributed by atoms with E-state index >= 15 is 0 Å². The van der Waals surface area contributed by atoms with Gasteiger partial charge in [-0.25, -0.2) is 0 Å². The number of unbranched alkanes of at least 4 members (excludes halogenated alkanes) is 1. The molecule has 0 atom stereocenters. The minimum Gasteiger partial charge on any atom is -0.497 e. The Morgan fingerprint density at radius 1 is 1.00 bits per heavy atom. The minimum absolute atomic E-state index is 0.208. The smallest absolute Gasteiger partial charge is 0.270 e. The summed E-state index contributed by atoms with van der Waals surface area (Å²) in [6.45, 7) is 2.75. The standard InChI is InChI=1S/C23H25NO5S2/c1-5-6-11-29-18-10-7-15(12-20(18)28-4)13-21-22(25)24(23(30)31-21)17-9-8-16(26-2)14-19(17)27-3/h7-10,12-14H,5-6,11H2,1-4H3/b21-13-. The fraction of sp³-hybridized carbons (Fsp3) is 0.304. The number of thioether (sulfide) groups is 1. The summed E-state index contributed by atoms with van der Waals surface area (Å²) in [6, 6.07) is 10.8. The van der Waals surface area contributed by atoms with E-state index in [0.717, 1.165) is 18.4 Å². The van der Waals surface area contributed by atoms with Gasteiger partial charge in [0.25, 0.3) is 5.91 Å². The van der Waals surface area contributed by atoms with Gasteiger partial charge in [-0.15, -0.1) is 0 Å². The van der Waals surface area contributed by atoms with Crippen LogP contribution in [0.3, 0.4) is 0 Å². The van der Waals surface area contributed by atoms with E-state index < -0.39 is 0 Å². The molecule has 1 heterocycles. The molecule has 0 aliphatic carbocycles. The van der Waals surface area contributed by atoms with E-state index in [-0.39, 0.29) is 5.91 Å². The SMILES string of the molecule is CCCCOc1ccc(/C=C2\SC(=S)N(c3ccc(OC)cc3OC)C2=O)cc1OC. The van der Waals surface area contributed by atoms with E-state index in [4.69, 9.17) is 31.2 Å². The number of ether oxygens (including phenoxy) is 4. The molecule has 2 aromatic carbocycles. The Labute approximate surface area is 192 Å². The van der Waals surface area contributed by atoms with Crippen LogP contribution >= 0.6 is 24.0 Å². The third-order valence-electron chi connectivity index (χ3n) is 4.66. The van der Waals surface area contributed by atoms with Crippen LogP contribution in [0.1, 0.15) is 25.3 Å². The molecule has 31 heavy (non-hydrogen) atoms. The van der Waals surface area contributed by atoms with Gasteiger partial charge in [-0.1, -0.05) is 43.4 Å². The van der Waals surface area contributed by atoms with Gasteiger partial charge in [0.1, 0.15) is 11.5 Å². The second kappa shape index (κ2) is 10.5. The zero-order chi connectivity index (χ0) is 22.4. The van der Waals surface area contributed by atoms with E-state index in [1.165, 1.54) is 16.7 Å². The molecule has 1 amide bonds. The highest BCUT2D eigenvalue weighted by Gasteiger charge is 2.35. The van der Waals surface area contributed by atoms with Gasteiger partial charge in [0.05, 0.1) is 38.5 Å². The Kier molecular flexibility index (Phi) is 7.81. The van der Waals surface area contributed by atoms with Gasteiger partial charge in [0, 0.05) is 6.07 Å². The van der Waals surface area contributed by atoms with Crippen LogP contribution in [0.25, 0.3) is 6.08 Å². The summed E-state index contributed by atoms with van der Waals surface area (Å²) in [5, 5.41) is 0. The molecule has 8 heteroatoms. The molecule has 0 aromatic heterocycles. The van der Waals surface area contributed by atoms with Crippen LogP contribution in [0.15, 0.2) is 41.3 Å². The number of methoxy groups -OCH3 is 3. The Morgan fingerprint density at radius 2 is 1.77 bits per heavy atom. The highest BCUT2D eigenvalue weighted by Crippen LogP contribution is 2.41. The van der Waals surface area contributed by atoms with E-state index in [9.17, 15) is 4.79 Å². The highest BCUT2D eigenvalue weighted by molar-refractivity contribution is 8.27. The van der Waals surface area contributed by atoms with Crippen LogP contribution in [0.2, 0.25) is 0 Å². The molecule has 6 nitrogen and oxygen atoms in total. The molecular formula is C23H25NO5S2. The van der Waals surface area contributed by atoms with Crippen molar-refractivity contribution in [1.29, 1.82) is 0 Å². The average molecular weight is 460 g/mol. The van der Waals surface area contributed by atoms with Crippen molar-refractivity contribution in [2.75, 3.05) is 32.8 Å². The number of rotatable bonds is 9. The maximum Gasteiger partial charge on any atom is 0.270 e. The van der Waals surface area contributed by atoms with Crippen LogP contribution in [0.5, 0.6) is 23.0 Å². The van der Waals surface area contributed by atoms with E-state index in [0.29, 0.717) is 44.5 Å². The fourth-order valence-electron chi connectivity index (χ4n) is 3.02.